The number of aromatic nitrogens is 1. The molecule has 3 rings (SSSR count). The van der Waals surface area contributed by atoms with Gasteiger partial charge in [0, 0.05) is 25.8 Å². The number of carbonyl (C=O) groups excluding carboxylic acids is 1. The minimum absolute atomic E-state index is 0.290. The van der Waals surface area contributed by atoms with E-state index in [4.69, 9.17) is 9.47 Å². The standard InChI is InChI=1S/C18H22N4O3/c1-24-16-5-3-2-4-15(16)21-18(23)20-13-14-6-7-17(19-12-14)22-8-10-25-11-9-22/h2-7,12H,8-11,13H2,1H3,(H2,20,21,23). The van der Waals surface area contributed by atoms with E-state index in [9.17, 15) is 4.79 Å². The molecule has 1 aliphatic heterocycles. The van der Waals surface area contributed by atoms with Gasteiger partial charge in [-0.2, -0.15) is 0 Å². The number of amides is 2. The molecule has 2 aromatic rings. The number of para-hydroxylation sites is 2. The van der Waals surface area contributed by atoms with Gasteiger partial charge in [0.2, 0.25) is 0 Å². The summed E-state index contributed by atoms with van der Waals surface area (Å²) >= 11 is 0. The fourth-order valence-electron chi connectivity index (χ4n) is 2.60. The van der Waals surface area contributed by atoms with Crippen LogP contribution in [0.4, 0.5) is 16.3 Å². The Morgan fingerprint density at radius 1 is 1.24 bits per heavy atom. The lowest BCUT2D eigenvalue weighted by Crippen LogP contribution is -2.36. The first-order valence-corrected chi connectivity index (χ1v) is 8.22. The van der Waals surface area contributed by atoms with E-state index in [1.165, 1.54) is 0 Å². The number of urea groups is 1. The summed E-state index contributed by atoms with van der Waals surface area (Å²) in [5.74, 6) is 1.56. The van der Waals surface area contributed by atoms with Crippen LogP contribution in [0.2, 0.25) is 0 Å². The van der Waals surface area contributed by atoms with Gasteiger partial charge in [-0.05, 0) is 23.8 Å². The zero-order chi connectivity index (χ0) is 17.5. The maximum absolute atomic E-state index is 12.0. The molecule has 1 aliphatic rings. The van der Waals surface area contributed by atoms with Crippen molar-refractivity contribution in [1.29, 1.82) is 0 Å². The SMILES string of the molecule is COc1ccccc1NC(=O)NCc1ccc(N2CCOCC2)nc1. The van der Waals surface area contributed by atoms with E-state index in [2.05, 4.69) is 20.5 Å². The summed E-state index contributed by atoms with van der Waals surface area (Å²) in [6, 6.07) is 10.9. The summed E-state index contributed by atoms with van der Waals surface area (Å²) < 4.78 is 10.6. The van der Waals surface area contributed by atoms with Crippen LogP contribution in [0.15, 0.2) is 42.6 Å². The monoisotopic (exact) mass is 342 g/mol. The number of ether oxygens (including phenoxy) is 2. The van der Waals surface area contributed by atoms with Gasteiger partial charge in [-0.3, -0.25) is 0 Å². The van der Waals surface area contributed by atoms with Gasteiger partial charge in [0.15, 0.2) is 0 Å². The van der Waals surface area contributed by atoms with Gasteiger partial charge in [-0.15, -0.1) is 0 Å². The lowest BCUT2D eigenvalue weighted by Gasteiger charge is -2.27. The summed E-state index contributed by atoms with van der Waals surface area (Å²) in [7, 11) is 1.57. The number of methoxy groups -OCH3 is 1. The van der Waals surface area contributed by atoms with Crippen LogP contribution in [0.5, 0.6) is 5.75 Å². The fourth-order valence-corrected chi connectivity index (χ4v) is 2.60. The molecule has 0 atom stereocenters. The smallest absolute Gasteiger partial charge is 0.319 e. The average molecular weight is 342 g/mol. The van der Waals surface area contributed by atoms with E-state index in [0.717, 1.165) is 37.7 Å². The number of benzene rings is 1. The van der Waals surface area contributed by atoms with Gasteiger partial charge in [-0.1, -0.05) is 18.2 Å². The zero-order valence-corrected chi connectivity index (χ0v) is 14.2. The van der Waals surface area contributed by atoms with Gasteiger partial charge in [-0.25, -0.2) is 9.78 Å². The van der Waals surface area contributed by atoms with Crippen molar-refractivity contribution in [3.8, 4) is 5.75 Å². The van der Waals surface area contributed by atoms with E-state index >= 15 is 0 Å². The van der Waals surface area contributed by atoms with Crippen LogP contribution in [0.3, 0.4) is 0 Å². The first kappa shape index (κ1) is 17.0. The Bertz CT molecular complexity index is 700. The quantitative estimate of drug-likeness (QED) is 0.872. The maximum atomic E-state index is 12.0. The van der Waals surface area contributed by atoms with E-state index in [-0.39, 0.29) is 6.03 Å². The number of carbonyl (C=O) groups is 1. The van der Waals surface area contributed by atoms with E-state index < -0.39 is 0 Å². The molecule has 2 amide bonds. The van der Waals surface area contributed by atoms with Crippen molar-refractivity contribution in [3.05, 3.63) is 48.2 Å². The first-order valence-electron chi connectivity index (χ1n) is 8.22. The van der Waals surface area contributed by atoms with Crippen molar-refractivity contribution >= 4 is 17.5 Å². The van der Waals surface area contributed by atoms with E-state index in [0.29, 0.717) is 18.0 Å². The van der Waals surface area contributed by atoms with Crippen molar-refractivity contribution in [1.82, 2.24) is 10.3 Å². The minimum atomic E-state index is -0.290. The molecule has 25 heavy (non-hydrogen) atoms. The lowest BCUT2D eigenvalue weighted by molar-refractivity contribution is 0.122. The Labute approximate surface area is 147 Å². The topological polar surface area (TPSA) is 75.7 Å². The number of anilines is 2. The Kier molecular flexibility index (Phi) is 5.69. The summed E-state index contributed by atoms with van der Waals surface area (Å²) in [5, 5.41) is 5.60. The van der Waals surface area contributed by atoms with Crippen LogP contribution >= 0.6 is 0 Å². The van der Waals surface area contributed by atoms with Crippen LogP contribution in [-0.4, -0.2) is 44.4 Å². The number of pyridine rings is 1. The second-order valence-electron chi connectivity index (χ2n) is 5.63. The number of nitrogens with one attached hydrogen (secondary N) is 2. The molecule has 1 aromatic carbocycles. The van der Waals surface area contributed by atoms with Crippen molar-refractivity contribution in [2.24, 2.45) is 0 Å². The highest BCUT2D eigenvalue weighted by Crippen LogP contribution is 2.22. The van der Waals surface area contributed by atoms with Gasteiger partial charge in [0.05, 0.1) is 26.0 Å². The van der Waals surface area contributed by atoms with E-state index in [1.807, 2.05) is 24.3 Å². The predicted octanol–water partition coefficient (Wildman–Crippen LogP) is 2.25. The molecule has 0 saturated carbocycles. The van der Waals surface area contributed by atoms with Crippen LogP contribution in [0, 0.1) is 0 Å². The molecule has 2 heterocycles. The second-order valence-corrected chi connectivity index (χ2v) is 5.63. The van der Waals surface area contributed by atoms with Gasteiger partial charge in [0.1, 0.15) is 11.6 Å². The molecular formula is C18H22N4O3. The van der Waals surface area contributed by atoms with Crippen molar-refractivity contribution in [3.63, 3.8) is 0 Å². The van der Waals surface area contributed by atoms with Crippen LogP contribution < -0.4 is 20.3 Å². The highest BCUT2D eigenvalue weighted by molar-refractivity contribution is 5.90. The largest absolute Gasteiger partial charge is 0.495 e. The molecule has 132 valence electrons. The number of rotatable bonds is 5. The average Bonchev–Trinajstić information content (AvgIpc) is 2.68. The molecule has 2 N–H and O–H groups in total. The molecule has 1 saturated heterocycles. The summed E-state index contributed by atoms with van der Waals surface area (Å²) in [6.07, 6.45) is 1.79. The molecular weight excluding hydrogens is 320 g/mol. The highest BCUT2D eigenvalue weighted by Gasteiger charge is 2.12. The maximum Gasteiger partial charge on any atom is 0.319 e. The predicted molar refractivity (Wildman–Crippen MR) is 96.1 cm³/mol. The molecule has 1 fully saturated rings. The second kappa shape index (κ2) is 8.34. The number of nitrogens with zero attached hydrogens (tertiary/aromatic N) is 2. The van der Waals surface area contributed by atoms with Crippen molar-refractivity contribution in [2.75, 3.05) is 43.6 Å². The Morgan fingerprint density at radius 3 is 2.76 bits per heavy atom. The molecule has 0 radical (unpaired) electrons. The van der Waals surface area contributed by atoms with Crippen LogP contribution in [0.25, 0.3) is 0 Å². The molecule has 7 heteroatoms. The Hall–Kier alpha value is -2.80. The molecule has 1 aromatic heterocycles. The van der Waals surface area contributed by atoms with Crippen molar-refractivity contribution in [2.45, 2.75) is 6.54 Å². The Balaban J connectivity index is 1.51. The Morgan fingerprint density at radius 2 is 2.04 bits per heavy atom. The number of hydrogen-bond acceptors (Lipinski definition) is 5. The first-order chi connectivity index (χ1) is 12.3. The molecule has 7 nitrogen and oxygen atoms in total. The van der Waals surface area contributed by atoms with Gasteiger partial charge >= 0.3 is 6.03 Å². The lowest BCUT2D eigenvalue weighted by atomic mass is 10.2. The normalized spacial score (nSPS) is 14.0. The van der Waals surface area contributed by atoms with Gasteiger partial charge in [0.25, 0.3) is 0 Å². The zero-order valence-electron chi connectivity index (χ0n) is 14.2. The summed E-state index contributed by atoms with van der Waals surface area (Å²) in [4.78, 5) is 18.7. The summed E-state index contributed by atoms with van der Waals surface area (Å²) in [5.41, 5.74) is 1.57. The molecule has 0 unspecified atom stereocenters. The number of morpholine rings is 1. The summed E-state index contributed by atoms with van der Waals surface area (Å²) in [6.45, 7) is 3.57. The third-order valence-electron chi connectivity index (χ3n) is 3.95. The van der Waals surface area contributed by atoms with Crippen LogP contribution in [-0.2, 0) is 11.3 Å². The third kappa shape index (κ3) is 4.60. The van der Waals surface area contributed by atoms with Crippen molar-refractivity contribution < 1.29 is 14.3 Å². The van der Waals surface area contributed by atoms with E-state index in [1.54, 1.807) is 25.4 Å². The highest BCUT2D eigenvalue weighted by atomic mass is 16.5. The minimum Gasteiger partial charge on any atom is -0.495 e. The van der Waals surface area contributed by atoms with Gasteiger partial charge < -0.3 is 25.0 Å². The van der Waals surface area contributed by atoms with Crippen LogP contribution in [0.1, 0.15) is 5.56 Å². The molecule has 0 aliphatic carbocycles. The fraction of sp³-hybridized carbons (Fsp3) is 0.333. The third-order valence-corrected chi connectivity index (χ3v) is 3.95. The molecule has 0 bridgehead atoms. The molecule has 0 spiro atoms. The number of hydrogen-bond donors (Lipinski definition) is 2.